The van der Waals surface area contributed by atoms with Crippen LogP contribution in [0.1, 0.15) is 106 Å². The zero-order valence-electron chi connectivity index (χ0n) is 22.2. The molecule has 5 aliphatic rings. The lowest BCUT2D eigenvalue weighted by atomic mass is 9.33. The molecule has 4 fully saturated rings. The number of allylic oxidation sites excluding steroid dienone is 2. The van der Waals surface area contributed by atoms with Crippen molar-refractivity contribution >= 4 is 5.97 Å². The Labute approximate surface area is 201 Å². The molecule has 0 amide bonds. The molecule has 3 heteroatoms. The number of carboxylic acid groups (broad SMARTS) is 1. The van der Waals surface area contributed by atoms with E-state index in [-0.39, 0.29) is 33.7 Å². The van der Waals surface area contributed by atoms with Gasteiger partial charge in [-0.25, -0.2) is 0 Å². The minimum absolute atomic E-state index is 0.0302. The fourth-order valence-electron chi connectivity index (χ4n) is 10.8. The molecule has 33 heavy (non-hydrogen) atoms. The average Bonchev–Trinajstić information content (AvgIpc) is 2.74. The minimum Gasteiger partial charge on any atom is -0.481 e. The fourth-order valence-corrected chi connectivity index (χ4v) is 10.8. The normalized spacial score (nSPS) is 55.3. The maximum Gasteiger partial charge on any atom is 0.310 e. The molecule has 0 unspecified atom stereocenters. The first-order valence-electron chi connectivity index (χ1n) is 13.9. The molecule has 5 aliphatic carbocycles. The van der Waals surface area contributed by atoms with Crippen molar-refractivity contribution in [3.05, 3.63) is 11.6 Å². The molecule has 0 heterocycles. The lowest BCUT2D eigenvalue weighted by Gasteiger charge is -2.71. The Balaban J connectivity index is 1.61. The Kier molecular flexibility index (Phi) is 5.15. The summed E-state index contributed by atoms with van der Waals surface area (Å²) in [5.41, 5.74) is 1.46. The molecule has 0 radical (unpaired) electrons. The number of rotatable bonds is 1. The summed E-state index contributed by atoms with van der Waals surface area (Å²) in [4.78, 5) is 12.8. The van der Waals surface area contributed by atoms with Gasteiger partial charge in [-0.05, 0) is 109 Å². The number of carbonyl (C=O) groups is 1. The highest BCUT2D eigenvalue weighted by molar-refractivity contribution is 5.76. The number of aliphatic hydroxyl groups is 1. The van der Waals surface area contributed by atoms with Gasteiger partial charge in [0.1, 0.15) is 0 Å². The minimum atomic E-state index is -0.557. The van der Waals surface area contributed by atoms with Crippen molar-refractivity contribution in [2.75, 3.05) is 0 Å². The highest BCUT2D eigenvalue weighted by atomic mass is 16.4. The van der Waals surface area contributed by atoms with E-state index in [9.17, 15) is 15.0 Å². The maximum absolute atomic E-state index is 12.8. The van der Waals surface area contributed by atoms with Gasteiger partial charge in [-0.2, -0.15) is 0 Å². The van der Waals surface area contributed by atoms with Crippen molar-refractivity contribution in [2.45, 2.75) is 112 Å². The van der Waals surface area contributed by atoms with Gasteiger partial charge in [0.05, 0.1) is 11.5 Å². The van der Waals surface area contributed by atoms with Gasteiger partial charge in [-0.15, -0.1) is 0 Å². The third kappa shape index (κ3) is 2.75. The summed E-state index contributed by atoms with van der Waals surface area (Å²) >= 11 is 0. The molecule has 186 valence electrons. The van der Waals surface area contributed by atoms with Gasteiger partial charge >= 0.3 is 5.97 Å². The summed E-state index contributed by atoms with van der Waals surface area (Å²) in [6.07, 6.45) is 11.6. The number of hydrogen-bond acceptors (Lipinski definition) is 2. The van der Waals surface area contributed by atoms with E-state index in [4.69, 9.17) is 0 Å². The molecular formula is C30H48O3. The Bertz CT molecular complexity index is 874. The maximum atomic E-state index is 12.8. The molecule has 10 atom stereocenters. The molecule has 5 rings (SSSR count). The molecule has 0 bridgehead atoms. The van der Waals surface area contributed by atoms with Crippen molar-refractivity contribution < 1.29 is 15.0 Å². The predicted octanol–water partition coefficient (Wildman–Crippen LogP) is 7.09. The number of hydrogen-bond donors (Lipinski definition) is 2. The van der Waals surface area contributed by atoms with Crippen molar-refractivity contribution in [3.63, 3.8) is 0 Å². The third-order valence-corrected chi connectivity index (χ3v) is 13.4. The second-order valence-electron chi connectivity index (χ2n) is 14.5. The van der Waals surface area contributed by atoms with E-state index in [2.05, 4.69) is 54.5 Å². The Morgan fingerprint density at radius 3 is 2.27 bits per heavy atom. The van der Waals surface area contributed by atoms with Crippen LogP contribution in [-0.4, -0.2) is 22.3 Å². The van der Waals surface area contributed by atoms with E-state index in [0.717, 1.165) is 44.9 Å². The Morgan fingerprint density at radius 2 is 1.61 bits per heavy atom. The summed E-state index contributed by atoms with van der Waals surface area (Å²) < 4.78 is 0. The first-order chi connectivity index (χ1) is 15.3. The van der Waals surface area contributed by atoms with Crippen LogP contribution in [0.4, 0.5) is 0 Å². The summed E-state index contributed by atoms with van der Waals surface area (Å²) in [6, 6.07) is 0. The molecule has 0 saturated heterocycles. The lowest BCUT2D eigenvalue weighted by molar-refractivity contribution is -0.206. The molecule has 3 nitrogen and oxygen atoms in total. The van der Waals surface area contributed by atoms with E-state index in [1.165, 1.54) is 18.4 Å². The summed E-state index contributed by atoms with van der Waals surface area (Å²) in [5.74, 6) is 1.82. The van der Waals surface area contributed by atoms with Crippen LogP contribution in [-0.2, 0) is 4.79 Å². The van der Waals surface area contributed by atoms with Crippen LogP contribution in [0.2, 0.25) is 0 Å². The molecule has 0 spiro atoms. The topological polar surface area (TPSA) is 57.5 Å². The number of aliphatic carboxylic acids is 1. The molecule has 0 aliphatic heterocycles. The van der Waals surface area contributed by atoms with Crippen molar-refractivity contribution in [1.82, 2.24) is 0 Å². The Morgan fingerprint density at radius 1 is 0.909 bits per heavy atom. The number of aliphatic hydroxyl groups excluding tert-OH is 1. The molecule has 0 aromatic heterocycles. The first-order valence-corrected chi connectivity index (χ1v) is 13.9. The van der Waals surface area contributed by atoms with Crippen molar-refractivity contribution in [1.29, 1.82) is 0 Å². The molecule has 4 saturated carbocycles. The fraction of sp³-hybridized carbons (Fsp3) is 0.900. The second kappa shape index (κ2) is 7.11. The highest BCUT2D eigenvalue weighted by Gasteiger charge is 2.69. The highest BCUT2D eigenvalue weighted by Crippen LogP contribution is 2.75. The van der Waals surface area contributed by atoms with Crippen LogP contribution in [0.15, 0.2) is 11.6 Å². The number of carboxylic acids is 1. The van der Waals surface area contributed by atoms with E-state index in [1.54, 1.807) is 0 Å². The quantitative estimate of drug-likeness (QED) is 0.414. The zero-order valence-corrected chi connectivity index (χ0v) is 22.2. The number of fused-ring (bicyclic) bond motifs is 7. The van der Waals surface area contributed by atoms with Gasteiger partial charge in [-0.3, -0.25) is 4.79 Å². The van der Waals surface area contributed by atoms with E-state index in [1.807, 2.05) is 0 Å². The van der Waals surface area contributed by atoms with E-state index >= 15 is 0 Å². The molecule has 0 aromatic carbocycles. The van der Waals surface area contributed by atoms with E-state index < -0.39 is 11.4 Å². The zero-order chi connectivity index (χ0) is 24.2. The average molecular weight is 457 g/mol. The summed E-state index contributed by atoms with van der Waals surface area (Å²) in [7, 11) is 0. The van der Waals surface area contributed by atoms with Crippen LogP contribution in [0.5, 0.6) is 0 Å². The van der Waals surface area contributed by atoms with Crippen LogP contribution in [0.3, 0.4) is 0 Å². The predicted molar refractivity (Wildman–Crippen MR) is 133 cm³/mol. The van der Waals surface area contributed by atoms with Gasteiger partial charge in [-0.1, -0.05) is 60.1 Å². The second-order valence-corrected chi connectivity index (χ2v) is 14.5. The lowest BCUT2D eigenvalue weighted by Crippen LogP contribution is -2.65. The monoisotopic (exact) mass is 456 g/mol. The smallest absolute Gasteiger partial charge is 0.310 e. The van der Waals surface area contributed by atoms with Gasteiger partial charge in [0.15, 0.2) is 0 Å². The van der Waals surface area contributed by atoms with Crippen LogP contribution in [0, 0.1) is 56.7 Å². The van der Waals surface area contributed by atoms with E-state index in [0.29, 0.717) is 23.7 Å². The first kappa shape index (κ1) is 23.9. The van der Waals surface area contributed by atoms with Gasteiger partial charge in [0.25, 0.3) is 0 Å². The van der Waals surface area contributed by atoms with Gasteiger partial charge in [0, 0.05) is 0 Å². The van der Waals surface area contributed by atoms with Crippen LogP contribution in [0.25, 0.3) is 0 Å². The van der Waals surface area contributed by atoms with Crippen LogP contribution < -0.4 is 0 Å². The largest absolute Gasteiger partial charge is 0.481 e. The summed E-state index contributed by atoms with van der Waals surface area (Å²) in [5, 5.41) is 21.4. The standard InChI is InChI=1S/C30H48O3/c1-18-10-15-30(25(32)33)17-16-28(6)20(24(30)19(18)2)8-9-22-27(5)13-12-23(31)26(3,4)21(27)11-14-29(22,28)7/h8,18-19,21-24,31H,9-17H2,1-7H3,(H,32,33)/t18-,19-,21+,22+,23-,24+,27+,28-,29+,30+/m1/s1. The molecule has 2 N–H and O–H groups in total. The SMILES string of the molecule is C[C@@H]1[C@H](C)CC[C@]2(C(=O)O)CC[C@]3(C)C(=CC[C@H]4[C@@]5(C)CC[C@@H](O)C(C)(C)[C@@H]5CC[C@@]43C)[C@H]12. The molecule has 0 aromatic rings. The third-order valence-electron chi connectivity index (χ3n) is 13.4. The van der Waals surface area contributed by atoms with Crippen molar-refractivity contribution in [2.24, 2.45) is 56.7 Å². The van der Waals surface area contributed by atoms with Gasteiger partial charge < -0.3 is 10.2 Å². The molecular weight excluding hydrogens is 408 g/mol. The van der Waals surface area contributed by atoms with Crippen LogP contribution >= 0.6 is 0 Å². The Hall–Kier alpha value is -0.830. The summed E-state index contributed by atoms with van der Waals surface area (Å²) in [6.45, 7) is 17.0. The van der Waals surface area contributed by atoms with Gasteiger partial charge in [0.2, 0.25) is 0 Å². The van der Waals surface area contributed by atoms with Crippen molar-refractivity contribution in [3.8, 4) is 0 Å².